The van der Waals surface area contributed by atoms with Gasteiger partial charge in [0, 0.05) is 6.54 Å². The van der Waals surface area contributed by atoms with E-state index < -0.39 is 11.8 Å². The molecule has 1 atom stereocenters. The lowest BCUT2D eigenvalue weighted by Crippen LogP contribution is -2.40. The van der Waals surface area contributed by atoms with Crippen LogP contribution >= 0.6 is 0 Å². The van der Waals surface area contributed by atoms with Gasteiger partial charge in [-0.15, -0.1) is 0 Å². The quantitative estimate of drug-likeness (QED) is 0.811. The molecular weight excluding hydrogens is 328 g/mol. The Morgan fingerprint density at radius 1 is 0.962 bits per heavy atom. The van der Waals surface area contributed by atoms with Crippen LogP contribution in [-0.4, -0.2) is 18.9 Å². The van der Waals surface area contributed by atoms with Crippen LogP contribution in [0.15, 0.2) is 36.4 Å². The highest BCUT2D eigenvalue weighted by Crippen LogP contribution is 2.21. The monoisotopic (exact) mass is 354 g/mol. The number of hydrogen-bond donors (Lipinski definition) is 2. The van der Waals surface area contributed by atoms with Crippen LogP contribution in [0, 0.1) is 20.8 Å². The van der Waals surface area contributed by atoms with E-state index in [0.717, 1.165) is 28.0 Å². The van der Waals surface area contributed by atoms with Gasteiger partial charge in [-0.05, 0) is 67.6 Å². The molecule has 2 N–H and O–H groups in total. The second-order valence-corrected chi connectivity index (χ2v) is 6.52. The normalized spacial score (nSPS) is 11.6. The molecule has 0 aliphatic carbocycles. The molecule has 0 bridgehead atoms. The molecule has 0 aliphatic heterocycles. The second kappa shape index (κ2) is 8.52. The lowest BCUT2D eigenvalue weighted by molar-refractivity contribution is -0.139. The van der Waals surface area contributed by atoms with E-state index in [1.165, 1.54) is 5.56 Å². The van der Waals surface area contributed by atoms with Gasteiger partial charge < -0.3 is 15.4 Å². The number of carbonyl (C=O) groups excluding carboxylic acids is 2. The van der Waals surface area contributed by atoms with Crippen molar-refractivity contribution < 1.29 is 14.3 Å². The highest BCUT2D eigenvalue weighted by molar-refractivity contribution is 6.35. The van der Waals surface area contributed by atoms with Gasteiger partial charge in [0.25, 0.3) is 0 Å². The van der Waals surface area contributed by atoms with Crippen molar-refractivity contribution in [1.29, 1.82) is 0 Å². The number of rotatable bonds is 5. The zero-order valence-electron chi connectivity index (χ0n) is 16.0. The Bertz CT molecular complexity index is 798. The third kappa shape index (κ3) is 4.85. The van der Waals surface area contributed by atoms with Gasteiger partial charge in [-0.1, -0.05) is 24.3 Å². The summed E-state index contributed by atoms with van der Waals surface area (Å²) in [5, 5.41) is 5.40. The molecule has 138 valence electrons. The zero-order valence-corrected chi connectivity index (χ0v) is 16.0. The maximum absolute atomic E-state index is 12.2. The molecule has 2 rings (SSSR count). The molecule has 5 nitrogen and oxygen atoms in total. The smallest absolute Gasteiger partial charge is 0.309 e. The summed E-state index contributed by atoms with van der Waals surface area (Å²) in [6, 6.07) is 11.2. The van der Waals surface area contributed by atoms with Gasteiger partial charge in [0.2, 0.25) is 0 Å². The van der Waals surface area contributed by atoms with Crippen molar-refractivity contribution in [3.63, 3.8) is 0 Å². The summed E-state index contributed by atoms with van der Waals surface area (Å²) in [5.41, 5.74) is 5.38. The van der Waals surface area contributed by atoms with E-state index in [0.29, 0.717) is 0 Å². The first-order valence-electron chi connectivity index (χ1n) is 8.61. The highest BCUT2D eigenvalue weighted by Gasteiger charge is 2.18. The molecule has 0 aliphatic rings. The zero-order chi connectivity index (χ0) is 19.3. The van der Waals surface area contributed by atoms with Gasteiger partial charge >= 0.3 is 11.8 Å². The largest absolute Gasteiger partial charge is 0.497 e. The van der Waals surface area contributed by atoms with Crippen LogP contribution in [0.25, 0.3) is 0 Å². The molecule has 0 radical (unpaired) electrons. The molecule has 1 unspecified atom stereocenters. The number of methoxy groups -OCH3 is 1. The molecule has 0 spiro atoms. The van der Waals surface area contributed by atoms with Gasteiger partial charge in [0.1, 0.15) is 5.75 Å². The van der Waals surface area contributed by atoms with Crippen LogP contribution in [0.5, 0.6) is 5.75 Å². The standard InChI is InChI=1S/C21H26N2O3/c1-13-10-15(3)19(11-14(13)2)16(4)23-21(25)20(24)22-12-17-6-8-18(26-5)9-7-17/h6-11,16H,12H2,1-5H3,(H,22,24)(H,23,25). The minimum atomic E-state index is -0.644. The van der Waals surface area contributed by atoms with Crippen molar-refractivity contribution in [3.05, 3.63) is 64.2 Å². The molecule has 5 heteroatoms. The van der Waals surface area contributed by atoms with E-state index in [1.807, 2.05) is 45.0 Å². The summed E-state index contributed by atoms with van der Waals surface area (Å²) in [6.07, 6.45) is 0. The first kappa shape index (κ1) is 19.5. The van der Waals surface area contributed by atoms with Crippen molar-refractivity contribution in [3.8, 4) is 5.75 Å². The third-order valence-electron chi connectivity index (χ3n) is 4.51. The molecular formula is C21H26N2O3. The second-order valence-electron chi connectivity index (χ2n) is 6.52. The topological polar surface area (TPSA) is 67.4 Å². The summed E-state index contributed by atoms with van der Waals surface area (Å²) in [7, 11) is 1.60. The van der Waals surface area contributed by atoms with Crippen LogP contribution < -0.4 is 15.4 Å². The Morgan fingerprint density at radius 2 is 1.58 bits per heavy atom. The van der Waals surface area contributed by atoms with Crippen LogP contribution in [0.1, 0.15) is 40.8 Å². The molecule has 2 aromatic carbocycles. The van der Waals surface area contributed by atoms with Crippen molar-refractivity contribution >= 4 is 11.8 Å². The molecule has 0 saturated heterocycles. The average Bonchev–Trinajstić information content (AvgIpc) is 2.62. The predicted molar refractivity (Wildman–Crippen MR) is 102 cm³/mol. The van der Waals surface area contributed by atoms with E-state index in [-0.39, 0.29) is 12.6 Å². The van der Waals surface area contributed by atoms with Crippen molar-refractivity contribution in [2.75, 3.05) is 7.11 Å². The Morgan fingerprint density at radius 3 is 2.19 bits per heavy atom. The number of ether oxygens (including phenoxy) is 1. The van der Waals surface area contributed by atoms with Gasteiger partial charge in [-0.25, -0.2) is 0 Å². The fraction of sp³-hybridized carbons (Fsp3) is 0.333. The van der Waals surface area contributed by atoms with Gasteiger partial charge in [-0.2, -0.15) is 0 Å². The third-order valence-corrected chi connectivity index (χ3v) is 4.51. The van der Waals surface area contributed by atoms with Crippen molar-refractivity contribution in [2.45, 2.75) is 40.3 Å². The number of nitrogens with one attached hydrogen (secondary N) is 2. The van der Waals surface area contributed by atoms with Gasteiger partial charge in [0.15, 0.2) is 0 Å². The minimum absolute atomic E-state index is 0.242. The van der Waals surface area contributed by atoms with Crippen molar-refractivity contribution in [1.82, 2.24) is 10.6 Å². The minimum Gasteiger partial charge on any atom is -0.497 e. The number of carbonyl (C=O) groups is 2. The highest BCUT2D eigenvalue weighted by atomic mass is 16.5. The molecule has 0 aromatic heterocycles. The number of hydrogen-bond acceptors (Lipinski definition) is 3. The summed E-state index contributed by atoms with van der Waals surface area (Å²) in [4.78, 5) is 24.2. The van der Waals surface area contributed by atoms with Crippen LogP contribution in [0.3, 0.4) is 0 Å². The van der Waals surface area contributed by atoms with Gasteiger partial charge in [0.05, 0.1) is 13.2 Å². The summed E-state index contributed by atoms with van der Waals surface area (Å²) in [5.74, 6) is -0.534. The molecule has 0 heterocycles. The molecule has 26 heavy (non-hydrogen) atoms. The Hall–Kier alpha value is -2.82. The van der Waals surface area contributed by atoms with E-state index in [9.17, 15) is 9.59 Å². The maximum Gasteiger partial charge on any atom is 0.309 e. The first-order valence-corrected chi connectivity index (χ1v) is 8.61. The first-order chi connectivity index (χ1) is 12.3. The maximum atomic E-state index is 12.2. The van der Waals surface area contributed by atoms with Gasteiger partial charge in [-0.3, -0.25) is 9.59 Å². The van der Waals surface area contributed by atoms with Crippen LogP contribution in [-0.2, 0) is 16.1 Å². The van der Waals surface area contributed by atoms with Crippen LogP contribution in [0.4, 0.5) is 0 Å². The number of benzene rings is 2. The predicted octanol–water partition coefficient (Wildman–Crippen LogP) is 3.11. The summed E-state index contributed by atoms with van der Waals surface area (Å²) in [6.45, 7) is 8.27. The van der Waals surface area contributed by atoms with E-state index in [1.54, 1.807) is 7.11 Å². The average molecular weight is 354 g/mol. The molecule has 2 amide bonds. The van der Waals surface area contributed by atoms with E-state index in [4.69, 9.17) is 4.74 Å². The van der Waals surface area contributed by atoms with Crippen molar-refractivity contribution in [2.24, 2.45) is 0 Å². The Kier molecular flexibility index (Phi) is 6.39. The fourth-order valence-corrected chi connectivity index (χ4v) is 2.80. The summed E-state index contributed by atoms with van der Waals surface area (Å²) >= 11 is 0. The number of amides is 2. The van der Waals surface area contributed by atoms with E-state index >= 15 is 0 Å². The Balaban J connectivity index is 1.93. The van der Waals surface area contributed by atoms with Crippen LogP contribution in [0.2, 0.25) is 0 Å². The lowest BCUT2D eigenvalue weighted by Gasteiger charge is -2.18. The number of aryl methyl sites for hydroxylation is 3. The molecule has 2 aromatic rings. The summed E-state index contributed by atoms with van der Waals surface area (Å²) < 4.78 is 5.09. The van der Waals surface area contributed by atoms with E-state index in [2.05, 4.69) is 29.7 Å². The molecule has 0 fully saturated rings. The molecule has 0 saturated carbocycles. The lowest BCUT2D eigenvalue weighted by atomic mass is 9.96. The SMILES string of the molecule is COc1ccc(CNC(=O)C(=O)NC(C)c2cc(C)c(C)cc2C)cc1. The fourth-order valence-electron chi connectivity index (χ4n) is 2.80. The Labute approximate surface area is 154 Å².